The van der Waals surface area contributed by atoms with Gasteiger partial charge in [0.05, 0.1) is 19.8 Å². The Hall–Kier alpha value is -1.92. The molecule has 2 aromatic rings. The number of rotatable bonds is 7. The molecular formula is C15H22N4O2. The van der Waals surface area contributed by atoms with E-state index in [0.29, 0.717) is 18.8 Å². The molecular weight excluding hydrogens is 268 g/mol. The van der Waals surface area contributed by atoms with Crippen LogP contribution in [0.25, 0.3) is 0 Å². The molecule has 0 spiro atoms. The molecule has 0 radical (unpaired) electrons. The second-order valence-electron chi connectivity index (χ2n) is 4.93. The summed E-state index contributed by atoms with van der Waals surface area (Å²) in [7, 11) is 1.61. The van der Waals surface area contributed by atoms with Crippen LogP contribution in [0.2, 0.25) is 0 Å². The second-order valence-corrected chi connectivity index (χ2v) is 4.93. The zero-order valence-corrected chi connectivity index (χ0v) is 12.7. The van der Waals surface area contributed by atoms with Gasteiger partial charge in [0.25, 0.3) is 0 Å². The zero-order chi connectivity index (χ0) is 15.2. The van der Waals surface area contributed by atoms with Crippen molar-refractivity contribution < 1.29 is 9.84 Å². The molecule has 1 aromatic heterocycles. The summed E-state index contributed by atoms with van der Waals surface area (Å²) in [6.07, 6.45) is 1.08. The number of nitrogens with one attached hydrogen (secondary N) is 1. The molecule has 114 valence electrons. The topological polar surface area (TPSA) is 72.2 Å². The van der Waals surface area contributed by atoms with Crippen LogP contribution < -0.4 is 10.1 Å². The lowest BCUT2D eigenvalue weighted by molar-refractivity contribution is 0.169. The summed E-state index contributed by atoms with van der Waals surface area (Å²) >= 11 is 0. The van der Waals surface area contributed by atoms with E-state index >= 15 is 0 Å². The highest BCUT2D eigenvalue weighted by Gasteiger charge is 2.13. The molecule has 6 nitrogen and oxygen atoms in total. The molecule has 1 aromatic carbocycles. The molecule has 0 aliphatic rings. The van der Waals surface area contributed by atoms with Crippen LogP contribution in [0.1, 0.15) is 30.0 Å². The first-order valence-electron chi connectivity index (χ1n) is 7.05. The van der Waals surface area contributed by atoms with Gasteiger partial charge < -0.3 is 19.7 Å². The number of benzene rings is 1. The molecule has 0 aliphatic carbocycles. The summed E-state index contributed by atoms with van der Waals surface area (Å²) in [5.41, 5.74) is 1.89. The van der Waals surface area contributed by atoms with E-state index in [-0.39, 0.29) is 0 Å². The van der Waals surface area contributed by atoms with Gasteiger partial charge in [0.15, 0.2) is 0 Å². The lowest BCUT2D eigenvalue weighted by Gasteiger charge is -2.16. The SMILES string of the molecule is CCn1cnnc1CNCC(O)c1cc(C)ccc1OC. The average molecular weight is 290 g/mol. The molecule has 1 unspecified atom stereocenters. The summed E-state index contributed by atoms with van der Waals surface area (Å²) in [4.78, 5) is 0. The first kappa shape index (κ1) is 15.5. The molecule has 0 aliphatic heterocycles. The maximum Gasteiger partial charge on any atom is 0.146 e. The van der Waals surface area contributed by atoms with Crippen molar-refractivity contribution in [1.82, 2.24) is 20.1 Å². The van der Waals surface area contributed by atoms with Crippen LogP contribution in [0.5, 0.6) is 5.75 Å². The van der Waals surface area contributed by atoms with E-state index in [1.54, 1.807) is 13.4 Å². The number of ether oxygens (including phenoxy) is 1. The highest BCUT2D eigenvalue weighted by molar-refractivity contribution is 5.38. The Labute approximate surface area is 124 Å². The van der Waals surface area contributed by atoms with Crippen molar-refractivity contribution in [2.45, 2.75) is 33.0 Å². The Morgan fingerprint density at radius 1 is 1.43 bits per heavy atom. The number of aryl methyl sites for hydroxylation is 2. The number of nitrogens with zero attached hydrogens (tertiary/aromatic N) is 3. The Bertz CT molecular complexity index is 583. The molecule has 0 fully saturated rings. The van der Waals surface area contributed by atoms with Crippen molar-refractivity contribution in [1.29, 1.82) is 0 Å². The normalized spacial score (nSPS) is 12.4. The van der Waals surface area contributed by atoms with Gasteiger partial charge in [0, 0.05) is 18.7 Å². The Morgan fingerprint density at radius 3 is 2.95 bits per heavy atom. The van der Waals surface area contributed by atoms with Crippen LogP contribution in [0.3, 0.4) is 0 Å². The predicted molar refractivity (Wildman–Crippen MR) is 80.1 cm³/mol. The third kappa shape index (κ3) is 3.80. The fourth-order valence-electron chi connectivity index (χ4n) is 2.22. The van der Waals surface area contributed by atoms with Gasteiger partial charge in [0.1, 0.15) is 17.9 Å². The summed E-state index contributed by atoms with van der Waals surface area (Å²) in [6, 6.07) is 5.79. The molecule has 1 atom stereocenters. The van der Waals surface area contributed by atoms with E-state index in [1.165, 1.54) is 0 Å². The highest BCUT2D eigenvalue weighted by Crippen LogP contribution is 2.25. The van der Waals surface area contributed by atoms with Gasteiger partial charge in [-0.3, -0.25) is 0 Å². The van der Waals surface area contributed by atoms with Gasteiger partial charge in [-0.1, -0.05) is 11.6 Å². The van der Waals surface area contributed by atoms with Gasteiger partial charge >= 0.3 is 0 Å². The van der Waals surface area contributed by atoms with Crippen molar-refractivity contribution in [3.63, 3.8) is 0 Å². The third-order valence-corrected chi connectivity index (χ3v) is 3.40. The largest absolute Gasteiger partial charge is 0.496 e. The molecule has 2 N–H and O–H groups in total. The average Bonchev–Trinajstić information content (AvgIpc) is 2.94. The first-order valence-corrected chi connectivity index (χ1v) is 7.05. The lowest BCUT2D eigenvalue weighted by Crippen LogP contribution is -2.23. The van der Waals surface area contributed by atoms with E-state index in [9.17, 15) is 5.11 Å². The highest BCUT2D eigenvalue weighted by atomic mass is 16.5. The monoisotopic (exact) mass is 290 g/mol. The van der Waals surface area contributed by atoms with E-state index in [4.69, 9.17) is 4.74 Å². The summed E-state index contributed by atoms with van der Waals surface area (Å²) in [5.74, 6) is 1.56. The summed E-state index contributed by atoms with van der Waals surface area (Å²) in [6.45, 7) is 5.86. The molecule has 0 bridgehead atoms. The van der Waals surface area contributed by atoms with E-state index in [2.05, 4.69) is 15.5 Å². The lowest BCUT2D eigenvalue weighted by atomic mass is 10.1. The predicted octanol–water partition coefficient (Wildman–Crippen LogP) is 1.44. The Kier molecular flexibility index (Phi) is 5.30. The molecule has 6 heteroatoms. The standard InChI is InChI=1S/C15H22N4O2/c1-4-19-10-17-18-15(19)9-16-8-13(20)12-7-11(2)5-6-14(12)21-3/h5-7,10,13,16,20H,4,8-9H2,1-3H3. The van der Waals surface area contributed by atoms with Gasteiger partial charge in [-0.15, -0.1) is 10.2 Å². The minimum atomic E-state index is -0.627. The zero-order valence-electron chi connectivity index (χ0n) is 12.7. The maximum atomic E-state index is 10.3. The fraction of sp³-hybridized carbons (Fsp3) is 0.467. The number of hydrogen-bond donors (Lipinski definition) is 2. The Balaban J connectivity index is 1.96. The first-order chi connectivity index (χ1) is 10.2. The smallest absolute Gasteiger partial charge is 0.146 e. The summed E-state index contributed by atoms with van der Waals surface area (Å²) < 4.78 is 7.26. The molecule has 0 saturated carbocycles. The molecule has 1 heterocycles. The van der Waals surface area contributed by atoms with Crippen LogP contribution in [0.15, 0.2) is 24.5 Å². The van der Waals surface area contributed by atoms with Crippen molar-refractivity contribution >= 4 is 0 Å². The minimum Gasteiger partial charge on any atom is -0.496 e. The number of aliphatic hydroxyl groups is 1. The van der Waals surface area contributed by atoms with Crippen LogP contribution in [-0.4, -0.2) is 33.5 Å². The molecule has 0 amide bonds. The van der Waals surface area contributed by atoms with Crippen molar-refractivity contribution in [3.05, 3.63) is 41.5 Å². The fourth-order valence-corrected chi connectivity index (χ4v) is 2.22. The molecule has 2 rings (SSSR count). The van der Waals surface area contributed by atoms with Crippen molar-refractivity contribution in [2.75, 3.05) is 13.7 Å². The quantitative estimate of drug-likeness (QED) is 0.807. The molecule has 0 saturated heterocycles. The van der Waals surface area contributed by atoms with Crippen molar-refractivity contribution in [2.24, 2.45) is 0 Å². The minimum absolute atomic E-state index is 0.427. The van der Waals surface area contributed by atoms with Gasteiger partial charge in [-0.2, -0.15) is 0 Å². The maximum absolute atomic E-state index is 10.3. The van der Waals surface area contributed by atoms with Crippen LogP contribution in [0.4, 0.5) is 0 Å². The number of hydrogen-bond acceptors (Lipinski definition) is 5. The van der Waals surface area contributed by atoms with E-state index < -0.39 is 6.10 Å². The number of methoxy groups -OCH3 is 1. The second kappa shape index (κ2) is 7.19. The van der Waals surface area contributed by atoms with Gasteiger partial charge in [-0.25, -0.2) is 0 Å². The third-order valence-electron chi connectivity index (χ3n) is 3.40. The van der Waals surface area contributed by atoms with Crippen LogP contribution in [-0.2, 0) is 13.1 Å². The van der Waals surface area contributed by atoms with Crippen LogP contribution in [0, 0.1) is 6.92 Å². The summed E-state index contributed by atoms with van der Waals surface area (Å²) in [5, 5.41) is 21.5. The van der Waals surface area contributed by atoms with E-state index in [1.807, 2.05) is 36.6 Å². The number of aromatic nitrogens is 3. The number of aliphatic hydroxyl groups excluding tert-OH is 1. The van der Waals surface area contributed by atoms with Gasteiger partial charge in [-0.05, 0) is 26.0 Å². The van der Waals surface area contributed by atoms with Crippen LogP contribution >= 0.6 is 0 Å². The Morgan fingerprint density at radius 2 is 2.24 bits per heavy atom. The molecule has 21 heavy (non-hydrogen) atoms. The van der Waals surface area contributed by atoms with E-state index in [0.717, 1.165) is 23.5 Å². The van der Waals surface area contributed by atoms with Crippen molar-refractivity contribution in [3.8, 4) is 5.75 Å². The van der Waals surface area contributed by atoms with Gasteiger partial charge in [0.2, 0.25) is 0 Å².